The van der Waals surface area contributed by atoms with Crippen LogP contribution in [-0.4, -0.2) is 77.9 Å². The maximum atomic E-state index is 13.8. The van der Waals surface area contributed by atoms with Gasteiger partial charge in [0.05, 0.1) is 0 Å². The standard InChI is InChI=1S/C15H25F13S2/c1-29(2)9-30(3,4,5)8-6-7-10(16,17)11(18,19)12(20,21)13(22,23)14(24,25)15(26,27)28/h29-30H,6-9H2,1-5H3. The van der Waals surface area contributed by atoms with E-state index >= 15 is 0 Å². The van der Waals surface area contributed by atoms with Gasteiger partial charge in [0.15, 0.2) is 0 Å². The van der Waals surface area contributed by atoms with Crippen LogP contribution in [0.5, 0.6) is 0 Å². The van der Waals surface area contributed by atoms with Crippen LogP contribution in [0, 0.1) is 0 Å². The molecule has 0 radical (unpaired) electrons. The number of thiol groups is 2. The van der Waals surface area contributed by atoms with Crippen LogP contribution >= 0.6 is 20.1 Å². The maximum absolute atomic E-state index is 13.8. The quantitative estimate of drug-likeness (QED) is 0.235. The summed E-state index contributed by atoms with van der Waals surface area (Å²) in [6.07, 6.45) is -1.51. The highest BCUT2D eigenvalue weighted by atomic mass is 32.3. The molecule has 0 heterocycles. The topological polar surface area (TPSA) is 0 Å². The Hall–Kier alpha value is -0.210. The van der Waals surface area contributed by atoms with E-state index in [1.54, 1.807) is 18.8 Å². The SMILES string of the molecule is C[SH](C)C[SH](C)(C)(C)CCCC(F)(F)C(F)(F)C(F)(F)C(F)(F)C(F)(F)C(F)(F)F. The Morgan fingerprint density at radius 2 is 0.967 bits per heavy atom. The Balaban J connectivity index is 5.82. The van der Waals surface area contributed by atoms with E-state index in [1.165, 1.54) is 0 Å². The van der Waals surface area contributed by atoms with Gasteiger partial charge in [-0.1, -0.05) is 0 Å². The van der Waals surface area contributed by atoms with Crippen molar-refractivity contribution in [3.8, 4) is 0 Å². The molecule has 0 amide bonds. The molecule has 0 fully saturated rings. The molecular formula is C15H25F13S2. The van der Waals surface area contributed by atoms with Gasteiger partial charge in [-0.15, -0.1) is 0 Å². The highest BCUT2D eigenvalue weighted by Crippen LogP contribution is 2.65. The highest BCUT2D eigenvalue weighted by Gasteiger charge is 2.90. The zero-order valence-electron chi connectivity index (χ0n) is 16.6. The summed E-state index contributed by atoms with van der Waals surface area (Å²) < 4.78 is 170. The third kappa shape index (κ3) is 5.58. The molecule has 0 atom stereocenters. The summed E-state index contributed by atoms with van der Waals surface area (Å²) in [5.74, 6) is -36.5. The maximum Gasteiger partial charge on any atom is 0.460 e. The molecule has 0 N–H and O–H groups in total. The Bertz CT molecular complexity index is 600. The normalized spacial score (nSPS) is 17.5. The van der Waals surface area contributed by atoms with Gasteiger partial charge < -0.3 is 0 Å². The number of alkyl halides is 13. The molecule has 0 rings (SSSR count). The third-order valence-electron chi connectivity index (χ3n) is 4.28. The van der Waals surface area contributed by atoms with Gasteiger partial charge in [0, 0.05) is 6.42 Å². The summed E-state index contributed by atoms with van der Waals surface area (Å²) in [4.78, 5) is 0. The van der Waals surface area contributed by atoms with Crippen molar-refractivity contribution in [1.29, 1.82) is 0 Å². The van der Waals surface area contributed by atoms with Gasteiger partial charge in [-0.05, 0) is 48.5 Å². The molecule has 0 bridgehead atoms. The van der Waals surface area contributed by atoms with Crippen LogP contribution in [0.3, 0.4) is 0 Å². The van der Waals surface area contributed by atoms with Crippen molar-refractivity contribution in [1.82, 2.24) is 0 Å². The van der Waals surface area contributed by atoms with Crippen molar-refractivity contribution in [2.45, 2.75) is 48.6 Å². The molecule has 188 valence electrons. The van der Waals surface area contributed by atoms with Crippen molar-refractivity contribution in [3.63, 3.8) is 0 Å². The fourth-order valence-electron chi connectivity index (χ4n) is 2.97. The highest BCUT2D eigenvalue weighted by molar-refractivity contribution is 8.53. The Labute approximate surface area is 168 Å². The molecule has 0 saturated carbocycles. The van der Waals surface area contributed by atoms with E-state index < -0.39 is 68.7 Å². The lowest BCUT2D eigenvalue weighted by Crippen LogP contribution is -2.70. The number of halogens is 13. The molecule has 0 nitrogen and oxygen atoms in total. The average Bonchev–Trinajstić information content (AvgIpc) is 2.42. The summed E-state index contributed by atoms with van der Waals surface area (Å²) in [6.45, 7) is 0. The van der Waals surface area contributed by atoms with E-state index in [-0.39, 0.29) is 5.75 Å². The van der Waals surface area contributed by atoms with Gasteiger partial charge in [0.1, 0.15) is 0 Å². The van der Waals surface area contributed by atoms with E-state index in [9.17, 15) is 57.1 Å². The second kappa shape index (κ2) is 7.98. The van der Waals surface area contributed by atoms with E-state index in [0.717, 1.165) is 0 Å². The number of hydrogen-bond donors (Lipinski definition) is 2. The molecular weight excluding hydrogens is 491 g/mol. The molecule has 0 saturated heterocycles. The van der Waals surface area contributed by atoms with E-state index in [2.05, 4.69) is 0 Å². The molecule has 30 heavy (non-hydrogen) atoms. The fourth-order valence-corrected chi connectivity index (χ4v) is 13.2. The zero-order valence-corrected chi connectivity index (χ0v) is 18.4. The minimum atomic E-state index is -7.83. The molecule has 0 aromatic heterocycles. The summed E-state index contributed by atoms with van der Waals surface area (Å²) in [6, 6.07) is 0. The predicted octanol–water partition coefficient (Wildman–Crippen LogP) is 6.69. The summed E-state index contributed by atoms with van der Waals surface area (Å²) in [7, 11) is -3.24. The zero-order chi connectivity index (χ0) is 24.9. The lowest BCUT2D eigenvalue weighted by atomic mass is 9.92. The van der Waals surface area contributed by atoms with Crippen LogP contribution in [0.15, 0.2) is 0 Å². The fraction of sp³-hybridized carbons (Fsp3) is 1.00. The van der Waals surface area contributed by atoms with Crippen LogP contribution in [0.2, 0.25) is 0 Å². The smallest absolute Gasteiger partial charge is 0.284 e. The second-order valence-electron chi connectivity index (χ2n) is 9.01. The number of rotatable bonds is 10. The summed E-state index contributed by atoms with van der Waals surface area (Å²) in [5, 5.41) is 0.564. The largest absolute Gasteiger partial charge is 0.460 e. The first-order valence-corrected chi connectivity index (χ1v) is 14.6. The second-order valence-corrected chi connectivity index (χ2v) is 19.7. The van der Waals surface area contributed by atoms with Crippen molar-refractivity contribution >= 4 is 20.1 Å². The molecule has 0 aliphatic heterocycles. The van der Waals surface area contributed by atoms with E-state index in [4.69, 9.17) is 0 Å². The predicted molar refractivity (Wildman–Crippen MR) is 97.4 cm³/mol. The molecule has 0 aromatic carbocycles. The first-order valence-electron chi connectivity index (χ1n) is 8.25. The van der Waals surface area contributed by atoms with Crippen molar-refractivity contribution < 1.29 is 57.1 Å². The van der Waals surface area contributed by atoms with Crippen LogP contribution in [-0.2, 0) is 0 Å². The van der Waals surface area contributed by atoms with Crippen LogP contribution in [0.4, 0.5) is 57.1 Å². The van der Waals surface area contributed by atoms with Gasteiger partial charge in [0.2, 0.25) is 0 Å². The average molecular weight is 516 g/mol. The Morgan fingerprint density at radius 1 is 0.600 bits per heavy atom. The monoisotopic (exact) mass is 516 g/mol. The first-order chi connectivity index (χ1) is 12.6. The van der Waals surface area contributed by atoms with E-state index in [1.807, 2.05) is 12.5 Å². The van der Waals surface area contributed by atoms with Gasteiger partial charge in [0.25, 0.3) is 0 Å². The van der Waals surface area contributed by atoms with Gasteiger partial charge >= 0.3 is 35.8 Å². The molecule has 15 heteroatoms. The van der Waals surface area contributed by atoms with Crippen molar-refractivity contribution in [3.05, 3.63) is 0 Å². The summed E-state index contributed by atoms with van der Waals surface area (Å²) >= 11 is 0. The molecule has 0 aliphatic rings. The lowest BCUT2D eigenvalue weighted by Gasteiger charge is -2.53. The Morgan fingerprint density at radius 3 is 1.30 bits per heavy atom. The molecule has 0 unspecified atom stereocenters. The summed E-state index contributed by atoms with van der Waals surface area (Å²) in [5.41, 5.74) is 0. The minimum Gasteiger partial charge on any atom is -0.284 e. The number of hydrogen-bond acceptors (Lipinski definition) is 0. The molecule has 0 spiro atoms. The van der Waals surface area contributed by atoms with Crippen LogP contribution < -0.4 is 0 Å². The molecule has 0 aliphatic carbocycles. The minimum absolute atomic E-state index is 0.127. The van der Waals surface area contributed by atoms with E-state index in [0.29, 0.717) is 5.08 Å². The van der Waals surface area contributed by atoms with Crippen molar-refractivity contribution in [2.24, 2.45) is 0 Å². The van der Waals surface area contributed by atoms with Gasteiger partial charge in [-0.25, -0.2) is 0 Å². The van der Waals surface area contributed by atoms with Crippen molar-refractivity contribution in [2.75, 3.05) is 42.1 Å². The third-order valence-corrected chi connectivity index (χ3v) is 12.7. The Kier molecular flexibility index (Phi) is 7.92. The lowest BCUT2D eigenvalue weighted by molar-refractivity contribution is -0.440. The van der Waals surface area contributed by atoms with Gasteiger partial charge in [-0.2, -0.15) is 57.1 Å². The first kappa shape index (κ1) is 29.8. The van der Waals surface area contributed by atoms with Crippen LogP contribution in [0.1, 0.15) is 12.8 Å². The van der Waals surface area contributed by atoms with Gasteiger partial charge in [-0.3, -0.25) is 20.1 Å². The van der Waals surface area contributed by atoms with Crippen LogP contribution in [0.25, 0.3) is 0 Å². The molecule has 0 aromatic rings.